The van der Waals surface area contributed by atoms with Crippen molar-refractivity contribution in [2.45, 2.75) is 0 Å². The third kappa shape index (κ3) is 2.20. The zero-order valence-electron chi connectivity index (χ0n) is 12.9. The maximum absolute atomic E-state index is 9.96. The van der Waals surface area contributed by atoms with Crippen LogP contribution in [0.3, 0.4) is 0 Å². The molecule has 0 fully saturated rings. The van der Waals surface area contributed by atoms with Crippen molar-refractivity contribution in [3.63, 3.8) is 0 Å². The minimum Gasteiger partial charge on any atom is -0.508 e. The Bertz CT molecular complexity index is 969. The molecule has 0 unspecified atom stereocenters. The summed E-state index contributed by atoms with van der Waals surface area (Å²) in [6.45, 7) is 0. The SMILES string of the molecule is Cn1c(-c2ccccc2)c(-c2ccccc2)c2cc(O)ccc21. The van der Waals surface area contributed by atoms with E-state index in [-0.39, 0.29) is 0 Å². The third-order valence-electron chi connectivity index (χ3n) is 4.29. The van der Waals surface area contributed by atoms with E-state index in [1.807, 2.05) is 36.4 Å². The van der Waals surface area contributed by atoms with Crippen LogP contribution in [0.2, 0.25) is 0 Å². The van der Waals surface area contributed by atoms with Gasteiger partial charge in [-0.2, -0.15) is 0 Å². The standard InChI is InChI=1S/C21H17NO/c1-22-19-13-12-17(23)14-18(19)20(15-8-4-2-5-9-15)21(22)16-10-6-3-7-11-16/h2-14,23H,1H3. The molecule has 0 bridgehead atoms. The molecule has 0 radical (unpaired) electrons. The number of hydrogen-bond donors (Lipinski definition) is 1. The van der Waals surface area contributed by atoms with Crippen molar-refractivity contribution in [3.05, 3.63) is 78.9 Å². The molecule has 3 aromatic carbocycles. The van der Waals surface area contributed by atoms with E-state index >= 15 is 0 Å². The summed E-state index contributed by atoms with van der Waals surface area (Å²) < 4.78 is 2.20. The summed E-state index contributed by atoms with van der Waals surface area (Å²) in [4.78, 5) is 0. The zero-order chi connectivity index (χ0) is 15.8. The summed E-state index contributed by atoms with van der Waals surface area (Å²) in [6, 6.07) is 26.3. The number of phenols is 1. The number of fused-ring (bicyclic) bond motifs is 1. The highest BCUT2D eigenvalue weighted by Crippen LogP contribution is 2.41. The molecule has 1 aromatic heterocycles. The summed E-state index contributed by atoms with van der Waals surface area (Å²) >= 11 is 0. The van der Waals surface area contributed by atoms with Crippen LogP contribution in [0.1, 0.15) is 0 Å². The summed E-state index contributed by atoms with van der Waals surface area (Å²) in [5, 5.41) is 11.0. The van der Waals surface area contributed by atoms with Crippen molar-refractivity contribution in [3.8, 4) is 28.1 Å². The fourth-order valence-electron chi connectivity index (χ4n) is 3.26. The smallest absolute Gasteiger partial charge is 0.116 e. The van der Waals surface area contributed by atoms with E-state index in [1.54, 1.807) is 6.07 Å². The molecular weight excluding hydrogens is 282 g/mol. The number of aromatic nitrogens is 1. The molecule has 4 rings (SSSR count). The van der Waals surface area contributed by atoms with E-state index in [9.17, 15) is 5.11 Å². The Balaban J connectivity index is 2.15. The molecule has 0 aliphatic heterocycles. The van der Waals surface area contributed by atoms with E-state index < -0.39 is 0 Å². The minimum absolute atomic E-state index is 0.292. The van der Waals surface area contributed by atoms with E-state index in [0.29, 0.717) is 5.75 Å². The first-order valence-electron chi connectivity index (χ1n) is 7.68. The first kappa shape index (κ1) is 13.6. The molecule has 23 heavy (non-hydrogen) atoms. The van der Waals surface area contributed by atoms with Crippen LogP contribution >= 0.6 is 0 Å². The van der Waals surface area contributed by atoms with Crippen LogP contribution in [0.4, 0.5) is 0 Å². The van der Waals surface area contributed by atoms with Crippen LogP contribution in [0.25, 0.3) is 33.3 Å². The summed E-state index contributed by atoms with van der Waals surface area (Å²) in [5.41, 5.74) is 5.76. The number of phenolic OH excluding ortho intramolecular Hbond substituents is 1. The molecule has 0 saturated carbocycles. The van der Waals surface area contributed by atoms with Gasteiger partial charge in [-0.3, -0.25) is 0 Å². The number of nitrogens with zero attached hydrogens (tertiary/aromatic N) is 1. The Morgan fingerprint density at radius 2 is 1.35 bits per heavy atom. The van der Waals surface area contributed by atoms with Gasteiger partial charge in [0.25, 0.3) is 0 Å². The molecule has 4 aromatic rings. The molecule has 112 valence electrons. The second-order valence-electron chi connectivity index (χ2n) is 5.72. The Hall–Kier alpha value is -3.00. The molecule has 1 N–H and O–H groups in total. The fraction of sp³-hybridized carbons (Fsp3) is 0.0476. The van der Waals surface area contributed by atoms with E-state index in [0.717, 1.165) is 27.7 Å². The first-order valence-corrected chi connectivity index (χ1v) is 7.68. The Kier molecular flexibility index (Phi) is 3.16. The lowest BCUT2D eigenvalue weighted by Crippen LogP contribution is -1.92. The maximum Gasteiger partial charge on any atom is 0.116 e. The molecule has 0 atom stereocenters. The maximum atomic E-state index is 9.96. The van der Waals surface area contributed by atoms with Gasteiger partial charge in [0, 0.05) is 23.5 Å². The first-order chi connectivity index (χ1) is 11.3. The van der Waals surface area contributed by atoms with Gasteiger partial charge in [0.1, 0.15) is 5.75 Å². The molecule has 0 spiro atoms. The van der Waals surface area contributed by atoms with Crippen LogP contribution in [-0.2, 0) is 7.05 Å². The fourth-order valence-corrected chi connectivity index (χ4v) is 3.26. The van der Waals surface area contributed by atoms with Crippen molar-refractivity contribution >= 4 is 10.9 Å². The summed E-state index contributed by atoms with van der Waals surface area (Å²) in [7, 11) is 2.08. The highest BCUT2D eigenvalue weighted by atomic mass is 16.3. The van der Waals surface area contributed by atoms with Gasteiger partial charge in [-0.05, 0) is 29.3 Å². The quantitative estimate of drug-likeness (QED) is 0.539. The van der Waals surface area contributed by atoms with E-state index in [2.05, 4.69) is 48.0 Å². The molecule has 2 nitrogen and oxygen atoms in total. The van der Waals surface area contributed by atoms with Crippen molar-refractivity contribution in [2.24, 2.45) is 7.05 Å². The lowest BCUT2D eigenvalue weighted by molar-refractivity contribution is 0.476. The van der Waals surface area contributed by atoms with Crippen LogP contribution in [0.15, 0.2) is 78.9 Å². The molecule has 1 heterocycles. The lowest BCUT2D eigenvalue weighted by atomic mass is 9.98. The number of aromatic hydroxyl groups is 1. The highest BCUT2D eigenvalue weighted by Gasteiger charge is 2.18. The van der Waals surface area contributed by atoms with Crippen LogP contribution < -0.4 is 0 Å². The van der Waals surface area contributed by atoms with Crippen molar-refractivity contribution in [1.29, 1.82) is 0 Å². The number of rotatable bonds is 2. The zero-order valence-corrected chi connectivity index (χ0v) is 12.9. The van der Waals surface area contributed by atoms with Crippen molar-refractivity contribution in [1.82, 2.24) is 4.57 Å². The van der Waals surface area contributed by atoms with Crippen molar-refractivity contribution in [2.75, 3.05) is 0 Å². The van der Waals surface area contributed by atoms with Crippen LogP contribution in [0, 0.1) is 0 Å². The normalized spacial score (nSPS) is 11.0. The molecule has 0 amide bonds. The van der Waals surface area contributed by atoms with Crippen LogP contribution in [0.5, 0.6) is 5.75 Å². The van der Waals surface area contributed by atoms with Gasteiger partial charge in [0.05, 0.1) is 5.69 Å². The largest absolute Gasteiger partial charge is 0.508 e. The van der Waals surface area contributed by atoms with Gasteiger partial charge in [-0.15, -0.1) is 0 Å². The van der Waals surface area contributed by atoms with E-state index in [4.69, 9.17) is 0 Å². The van der Waals surface area contributed by atoms with E-state index in [1.165, 1.54) is 5.56 Å². The molecule has 0 aliphatic carbocycles. The van der Waals surface area contributed by atoms with Crippen LogP contribution in [-0.4, -0.2) is 9.67 Å². The Morgan fingerprint density at radius 1 is 0.739 bits per heavy atom. The number of aryl methyl sites for hydroxylation is 1. The molecular formula is C21H17NO. The summed E-state index contributed by atoms with van der Waals surface area (Å²) in [5.74, 6) is 0.292. The van der Waals surface area contributed by atoms with Gasteiger partial charge in [0.2, 0.25) is 0 Å². The van der Waals surface area contributed by atoms with Gasteiger partial charge in [0.15, 0.2) is 0 Å². The predicted octanol–water partition coefficient (Wildman–Crippen LogP) is 5.22. The molecule has 2 heteroatoms. The highest BCUT2D eigenvalue weighted by molar-refractivity contribution is 6.05. The Labute approximate surface area is 135 Å². The van der Waals surface area contributed by atoms with Gasteiger partial charge < -0.3 is 9.67 Å². The second-order valence-corrected chi connectivity index (χ2v) is 5.72. The minimum atomic E-state index is 0.292. The number of benzene rings is 3. The summed E-state index contributed by atoms with van der Waals surface area (Å²) in [6.07, 6.45) is 0. The average molecular weight is 299 g/mol. The Morgan fingerprint density at radius 3 is 2.00 bits per heavy atom. The van der Waals surface area contributed by atoms with Gasteiger partial charge >= 0.3 is 0 Å². The predicted molar refractivity (Wildman–Crippen MR) is 95.5 cm³/mol. The molecule has 0 saturated heterocycles. The second kappa shape index (κ2) is 5.33. The third-order valence-corrected chi connectivity index (χ3v) is 4.29. The number of hydrogen-bond acceptors (Lipinski definition) is 1. The average Bonchev–Trinajstić information content (AvgIpc) is 2.88. The monoisotopic (exact) mass is 299 g/mol. The van der Waals surface area contributed by atoms with Crippen molar-refractivity contribution < 1.29 is 5.11 Å². The molecule has 0 aliphatic rings. The topological polar surface area (TPSA) is 25.2 Å². The van der Waals surface area contributed by atoms with Gasteiger partial charge in [-0.25, -0.2) is 0 Å². The van der Waals surface area contributed by atoms with Gasteiger partial charge in [-0.1, -0.05) is 60.7 Å². The lowest BCUT2D eigenvalue weighted by Gasteiger charge is -2.08.